The Bertz CT molecular complexity index is 380. The summed E-state index contributed by atoms with van der Waals surface area (Å²) in [5.41, 5.74) is 1.32. The number of nitrogens with one attached hydrogen (secondary N) is 1. The zero-order valence-electron chi connectivity index (χ0n) is 11.4. The smallest absolute Gasteiger partial charge is 0.0965 e. The van der Waals surface area contributed by atoms with E-state index in [-0.39, 0.29) is 6.10 Å². The molecule has 0 saturated carbocycles. The molecule has 1 aliphatic heterocycles. The highest BCUT2D eigenvalue weighted by Gasteiger charge is 2.24. The standard InChI is InChI=1S/C15H22BrNO2/c1-2-6-17-14(15-11-18-7-8-19-15)10-12-4-3-5-13(16)9-12/h3-5,9,14-15,17H,2,6-8,10-11H2,1H3. The lowest BCUT2D eigenvalue weighted by Gasteiger charge is -2.31. The van der Waals surface area contributed by atoms with Gasteiger partial charge in [-0.1, -0.05) is 35.0 Å². The van der Waals surface area contributed by atoms with Gasteiger partial charge >= 0.3 is 0 Å². The molecule has 0 spiro atoms. The molecule has 0 aromatic heterocycles. The molecule has 1 aromatic carbocycles. The molecular weight excluding hydrogens is 306 g/mol. The Balaban J connectivity index is 1.99. The van der Waals surface area contributed by atoms with Gasteiger partial charge < -0.3 is 14.8 Å². The molecule has 1 N–H and O–H groups in total. The van der Waals surface area contributed by atoms with E-state index in [2.05, 4.69) is 52.4 Å². The molecule has 2 rings (SSSR count). The van der Waals surface area contributed by atoms with E-state index in [9.17, 15) is 0 Å². The molecule has 1 heterocycles. The zero-order chi connectivity index (χ0) is 13.5. The van der Waals surface area contributed by atoms with Crippen molar-refractivity contribution in [1.29, 1.82) is 0 Å². The summed E-state index contributed by atoms with van der Waals surface area (Å²) in [5, 5.41) is 3.59. The second-order valence-electron chi connectivity index (χ2n) is 4.88. The first kappa shape index (κ1) is 15.0. The number of hydrogen-bond acceptors (Lipinski definition) is 3. The monoisotopic (exact) mass is 327 g/mol. The van der Waals surface area contributed by atoms with E-state index in [1.54, 1.807) is 0 Å². The first-order valence-electron chi connectivity index (χ1n) is 6.96. The Hall–Kier alpha value is -0.420. The molecule has 1 fully saturated rings. The fourth-order valence-corrected chi connectivity index (χ4v) is 2.77. The quantitative estimate of drug-likeness (QED) is 0.871. The van der Waals surface area contributed by atoms with E-state index >= 15 is 0 Å². The molecule has 0 radical (unpaired) electrons. The van der Waals surface area contributed by atoms with Crippen molar-refractivity contribution >= 4 is 15.9 Å². The lowest BCUT2D eigenvalue weighted by Crippen LogP contribution is -2.48. The minimum atomic E-state index is 0.152. The highest BCUT2D eigenvalue weighted by Crippen LogP contribution is 2.16. The second kappa shape index (κ2) is 8.00. The highest BCUT2D eigenvalue weighted by molar-refractivity contribution is 9.10. The molecule has 2 unspecified atom stereocenters. The molecule has 0 bridgehead atoms. The number of benzene rings is 1. The third kappa shape index (κ3) is 4.88. The summed E-state index contributed by atoms with van der Waals surface area (Å²) in [6.07, 6.45) is 2.25. The number of halogens is 1. The SMILES string of the molecule is CCCNC(Cc1cccc(Br)c1)C1COCCO1. The van der Waals surface area contributed by atoms with Crippen LogP contribution in [0.4, 0.5) is 0 Å². The maximum Gasteiger partial charge on any atom is 0.0965 e. The van der Waals surface area contributed by atoms with Gasteiger partial charge in [0.2, 0.25) is 0 Å². The lowest BCUT2D eigenvalue weighted by atomic mass is 10.0. The van der Waals surface area contributed by atoms with Crippen molar-refractivity contribution in [3.05, 3.63) is 34.3 Å². The van der Waals surface area contributed by atoms with Crippen LogP contribution < -0.4 is 5.32 Å². The zero-order valence-corrected chi connectivity index (χ0v) is 13.0. The molecule has 0 amide bonds. The fourth-order valence-electron chi connectivity index (χ4n) is 2.32. The maximum atomic E-state index is 5.84. The predicted molar refractivity (Wildman–Crippen MR) is 80.5 cm³/mol. The van der Waals surface area contributed by atoms with Gasteiger partial charge in [-0.25, -0.2) is 0 Å². The van der Waals surface area contributed by atoms with Gasteiger partial charge in [0.1, 0.15) is 0 Å². The molecule has 1 aromatic rings. The molecule has 2 atom stereocenters. The summed E-state index contributed by atoms with van der Waals surface area (Å²) in [5.74, 6) is 0. The Morgan fingerprint density at radius 2 is 2.32 bits per heavy atom. The van der Waals surface area contributed by atoms with E-state index in [1.165, 1.54) is 5.56 Å². The van der Waals surface area contributed by atoms with Crippen molar-refractivity contribution < 1.29 is 9.47 Å². The minimum Gasteiger partial charge on any atom is -0.376 e. The van der Waals surface area contributed by atoms with Crippen LogP contribution in [0, 0.1) is 0 Å². The summed E-state index contributed by atoms with van der Waals surface area (Å²) in [7, 11) is 0. The Labute approximate surface area is 123 Å². The van der Waals surface area contributed by atoms with Crippen LogP contribution >= 0.6 is 15.9 Å². The van der Waals surface area contributed by atoms with E-state index in [0.717, 1.165) is 23.9 Å². The van der Waals surface area contributed by atoms with Crippen LogP contribution in [-0.4, -0.2) is 38.5 Å². The fraction of sp³-hybridized carbons (Fsp3) is 0.600. The Morgan fingerprint density at radius 3 is 3.00 bits per heavy atom. The lowest BCUT2D eigenvalue weighted by molar-refractivity contribution is -0.101. The first-order chi connectivity index (χ1) is 9.29. The van der Waals surface area contributed by atoms with Gasteiger partial charge in [-0.2, -0.15) is 0 Å². The maximum absolute atomic E-state index is 5.84. The molecule has 19 heavy (non-hydrogen) atoms. The first-order valence-corrected chi connectivity index (χ1v) is 7.76. The van der Waals surface area contributed by atoms with Gasteiger partial charge in [-0.05, 0) is 37.1 Å². The topological polar surface area (TPSA) is 30.5 Å². The van der Waals surface area contributed by atoms with Crippen molar-refractivity contribution in [2.24, 2.45) is 0 Å². The van der Waals surface area contributed by atoms with Crippen molar-refractivity contribution in [2.45, 2.75) is 31.9 Å². The highest BCUT2D eigenvalue weighted by atomic mass is 79.9. The number of hydrogen-bond donors (Lipinski definition) is 1. The van der Waals surface area contributed by atoms with E-state index < -0.39 is 0 Å². The summed E-state index contributed by atoms with van der Waals surface area (Å²) in [4.78, 5) is 0. The largest absolute Gasteiger partial charge is 0.376 e. The molecule has 1 saturated heterocycles. The summed E-state index contributed by atoms with van der Waals surface area (Å²) >= 11 is 3.52. The van der Waals surface area contributed by atoms with Crippen LogP contribution in [0.1, 0.15) is 18.9 Å². The van der Waals surface area contributed by atoms with Crippen LogP contribution in [0.15, 0.2) is 28.7 Å². The molecule has 106 valence electrons. The van der Waals surface area contributed by atoms with Crippen LogP contribution in [0.25, 0.3) is 0 Å². The predicted octanol–water partition coefficient (Wildman–Crippen LogP) is 2.78. The van der Waals surface area contributed by atoms with Crippen LogP contribution in [-0.2, 0) is 15.9 Å². The van der Waals surface area contributed by atoms with Gasteiger partial charge in [0, 0.05) is 10.5 Å². The average molecular weight is 328 g/mol. The second-order valence-corrected chi connectivity index (χ2v) is 5.79. The van der Waals surface area contributed by atoms with Gasteiger partial charge in [0.15, 0.2) is 0 Å². The van der Waals surface area contributed by atoms with E-state index in [4.69, 9.17) is 9.47 Å². The summed E-state index contributed by atoms with van der Waals surface area (Å²) in [6, 6.07) is 8.78. The molecule has 1 aliphatic rings. The summed E-state index contributed by atoms with van der Waals surface area (Å²) < 4.78 is 12.5. The van der Waals surface area contributed by atoms with Gasteiger partial charge in [0.25, 0.3) is 0 Å². The summed E-state index contributed by atoms with van der Waals surface area (Å²) in [6.45, 7) is 5.30. The minimum absolute atomic E-state index is 0.152. The third-order valence-corrected chi connectivity index (χ3v) is 3.78. The normalized spacial score (nSPS) is 21.3. The van der Waals surface area contributed by atoms with Crippen LogP contribution in [0.2, 0.25) is 0 Å². The van der Waals surface area contributed by atoms with Crippen molar-refractivity contribution in [3.63, 3.8) is 0 Å². The Kier molecular flexibility index (Phi) is 6.31. The van der Waals surface area contributed by atoms with Crippen molar-refractivity contribution in [2.75, 3.05) is 26.4 Å². The number of ether oxygens (including phenoxy) is 2. The van der Waals surface area contributed by atoms with Crippen LogP contribution in [0.3, 0.4) is 0 Å². The van der Waals surface area contributed by atoms with Crippen LogP contribution in [0.5, 0.6) is 0 Å². The number of rotatable bonds is 6. The molecule has 0 aliphatic carbocycles. The van der Waals surface area contributed by atoms with E-state index in [1.807, 2.05) is 0 Å². The van der Waals surface area contributed by atoms with Gasteiger partial charge in [-0.15, -0.1) is 0 Å². The van der Waals surface area contributed by atoms with Gasteiger partial charge in [0.05, 0.1) is 25.9 Å². The van der Waals surface area contributed by atoms with E-state index in [0.29, 0.717) is 25.9 Å². The average Bonchev–Trinajstić information content (AvgIpc) is 2.44. The van der Waals surface area contributed by atoms with Crippen molar-refractivity contribution in [1.82, 2.24) is 5.32 Å². The van der Waals surface area contributed by atoms with Gasteiger partial charge in [-0.3, -0.25) is 0 Å². The Morgan fingerprint density at radius 1 is 1.42 bits per heavy atom. The molecular formula is C15H22BrNO2. The third-order valence-electron chi connectivity index (χ3n) is 3.29. The van der Waals surface area contributed by atoms with Crippen molar-refractivity contribution in [3.8, 4) is 0 Å². The molecule has 4 heteroatoms. The molecule has 3 nitrogen and oxygen atoms in total.